The summed E-state index contributed by atoms with van der Waals surface area (Å²) in [6.45, 7) is 9.04. The number of anilines is 1. The predicted octanol–water partition coefficient (Wildman–Crippen LogP) is 5.17. The largest absolute Gasteiger partial charge is 0.385 e. The molecule has 26 heavy (non-hydrogen) atoms. The molecule has 2 aromatic carbocycles. The average Bonchev–Trinajstić information content (AvgIpc) is 3.01. The van der Waals surface area contributed by atoms with Crippen LogP contribution in [0.2, 0.25) is 0 Å². The van der Waals surface area contributed by atoms with Crippen molar-refractivity contribution in [1.82, 2.24) is 4.90 Å². The van der Waals surface area contributed by atoms with Crippen LogP contribution in [0.4, 0.5) is 5.69 Å². The second kappa shape index (κ2) is 7.28. The fourth-order valence-electron chi connectivity index (χ4n) is 4.66. The highest BCUT2D eigenvalue weighted by Gasteiger charge is 2.37. The Morgan fingerprint density at radius 3 is 2.46 bits per heavy atom. The summed E-state index contributed by atoms with van der Waals surface area (Å²) in [5, 5.41) is 3.64. The molecule has 0 saturated carbocycles. The fourth-order valence-corrected chi connectivity index (χ4v) is 4.66. The molecule has 0 atom stereocenters. The minimum atomic E-state index is 0.309. The number of nitrogens with zero attached hydrogens (tertiary/aromatic N) is 1. The van der Waals surface area contributed by atoms with E-state index in [1.807, 2.05) is 0 Å². The SMILES string of the molecule is Cc1cccc(C)c1NCCCN1CCC2(C=Cc3ccccc32)CC1. The highest BCUT2D eigenvalue weighted by atomic mass is 15.1. The van der Waals surface area contributed by atoms with Gasteiger partial charge in [-0.25, -0.2) is 0 Å². The van der Waals surface area contributed by atoms with E-state index < -0.39 is 0 Å². The molecule has 2 heteroatoms. The summed E-state index contributed by atoms with van der Waals surface area (Å²) in [4.78, 5) is 2.65. The van der Waals surface area contributed by atoms with Crippen LogP contribution in [-0.2, 0) is 5.41 Å². The van der Waals surface area contributed by atoms with Crippen molar-refractivity contribution in [2.24, 2.45) is 0 Å². The smallest absolute Gasteiger partial charge is 0.0399 e. The number of fused-ring (bicyclic) bond motifs is 2. The molecule has 1 aliphatic heterocycles. The van der Waals surface area contributed by atoms with Crippen LogP contribution >= 0.6 is 0 Å². The van der Waals surface area contributed by atoms with Crippen molar-refractivity contribution in [3.8, 4) is 0 Å². The maximum Gasteiger partial charge on any atom is 0.0399 e. The molecule has 2 nitrogen and oxygen atoms in total. The zero-order chi connectivity index (χ0) is 18.0. The number of aryl methyl sites for hydroxylation is 2. The van der Waals surface area contributed by atoms with Gasteiger partial charge in [0.15, 0.2) is 0 Å². The molecular formula is C24H30N2. The Hall–Kier alpha value is -2.06. The van der Waals surface area contributed by atoms with Gasteiger partial charge in [0.25, 0.3) is 0 Å². The van der Waals surface area contributed by atoms with Crippen molar-refractivity contribution in [3.63, 3.8) is 0 Å². The summed E-state index contributed by atoms with van der Waals surface area (Å²) in [6.07, 6.45) is 8.51. The lowest BCUT2D eigenvalue weighted by Crippen LogP contribution is -2.41. The lowest BCUT2D eigenvalue weighted by atomic mass is 9.74. The molecule has 1 aliphatic carbocycles. The highest BCUT2D eigenvalue weighted by Crippen LogP contribution is 2.43. The van der Waals surface area contributed by atoms with Crippen LogP contribution in [0.1, 0.15) is 41.5 Å². The number of para-hydroxylation sites is 1. The molecule has 0 amide bonds. The van der Waals surface area contributed by atoms with E-state index in [-0.39, 0.29) is 0 Å². The third-order valence-electron chi connectivity index (χ3n) is 6.26. The Kier molecular flexibility index (Phi) is 4.86. The van der Waals surface area contributed by atoms with E-state index in [1.54, 1.807) is 5.56 Å². The molecule has 2 aliphatic rings. The van der Waals surface area contributed by atoms with Crippen LogP contribution in [0.5, 0.6) is 0 Å². The van der Waals surface area contributed by atoms with Gasteiger partial charge in [-0.1, -0.05) is 54.6 Å². The number of nitrogens with one attached hydrogen (secondary N) is 1. The van der Waals surface area contributed by atoms with Gasteiger partial charge in [0.2, 0.25) is 0 Å². The molecule has 1 spiro atoms. The first kappa shape index (κ1) is 17.4. The number of hydrogen-bond acceptors (Lipinski definition) is 2. The predicted molar refractivity (Wildman–Crippen MR) is 112 cm³/mol. The topological polar surface area (TPSA) is 15.3 Å². The lowest BCUT2D eigenvalue weighted by molar-refractivity contribution is 0.184. The van der Waals surface area contributed by atoms with Gasteiger partial charge in [-0.2, -0.15) is 0 Å². The number of allylic oxidation sites excluding steroid dienone is 1. The molecule has 1 saturated heterocycles. The Bertz CT molecular complexity index is 777. The van der Waals surface area contributed by atoms with E-state index in [1.165, 1.54) is 61.3 Å². The first-order valence-corrected chi connectivity index (χ1v) is 9.99. The molecule has 0 bridgehead atoms. The monoisotopic (exact) mass is 346 g/mol. The van der Waals surface area contributed by atoms with Gasteiger partial charge in [-0.3, -0.25) is 0 Å². The van der Waals surface area contributed by atoms with Crippen LogP contribution in [0, 0.1) is 13.8 Å². The zero-order valence-corrected chi connectivity index (χ0v) is 16.1. The van der Waals surface area contributed by atoms with Gasteiger partial charge in [-0.05, 0) is 75.0 Å². The van der Waals surface area contributed by atoms with Crippen molar-refractivity contribution < 1.29 is 0 Å². The maximum atomic E-state index is 3.64. The van der Waals surface area contributed by atoms with Gasteiger partial charge in [-0.15, -0.1) is 0 Å². The number of hydrogen-bond donors (Lipinski definition) is 1. The third kappa shape index (κ3) is 3.31. The summed E-state index contributed by atoms with van der Waals surface area (Å²) in [7, 11) is 0. The van der Waals surface area contributed by atoms with E-state index in [9.17, 15) is 0 Å². The highest BCUT2D eigenvalue weighted by molar-refractivity contribution is 5.65. The number of benzene rings is 2. The Balaban J connectivity index is 1.26. The lowest BCUT2D eigenvalue weighted by Gasteiger charge is -2.39. The molecule has 1 N–H and O–H groups in total. The minimum absolute atomic E-state index is 0.309. The molecule has 0 radical (unpaired) electrons. The van der Waals surface area contributed by atoms with E-state index in [4.69, 9.17) is 0 Å². The standard InChI is InChI=1S/C24H30N2/c1-19-7-5-8-20(2)23(19)25-15-6-16-26-17-13-24(14-18-26)12-11-21-9-3-4-10-22(21)24/h3-5,7-12,25H,6,13-18H2,1-2H3. The minimum Gasteiger partial charge on any atom is -0.385 e. The van der Waals surface area contributed by atoms with E-state index in [2.05, 4.69) is 78.7 Å². The Labute approximate surface area is 157 Å². The summed E-state index contributed by atoms with van der Waals surface area (Å²) >= 11 is 0. The summed E-state index contributed by atoms with van der Waals surface area (Å²) < 4.78 is 0. The number of rotatable bonds is 5. The number of piperidine rings is 1. The van der Waals surface area contributed by atoms with Crippen LogP contribution < -0.4 is 5.32 Å². The zero-order valence-electron chi connectivity index (χ0n) is 16.1. The Morgan fingerprint density at radius 2 is 1.69 bits per heavy atom. The normalized spacial score (nSPS) is 18.2. The molecule has 0 unspecified atom stereocenters. The third-order valence-corrected chi connectivity index (χ3v) is 6.26. The molecule has 4 rings (SSSR count). The van der Waals surface area contributed by atoms with E-state index >= 15 is 0 Å². The Morgan fingerprint density at radius 1 is 0.962 bits per heavy atom. The number of likely N-dealkylation sites (tertiary alicyclic amines) is 1. The molecule has 1 fully saturated rings. The van der Waals surface area contributed by atoms with Gasteiger partial charge in [0.05, 0.1) is 0 Å². The summed E-state index contributed by atoms with van der Waals surface area (Å²) in [5.41, 5.74) is 7.30. The molecule has 136 valence electrons. The molecular weight excluding hydrogens is 316 g/mol. The van der Waals surface area contributed by atoms with Crippen molar-refractivity contribution >= 4 is 11.8 Å². The van der Waals surface area contributed by atoms with Crippen LogP contribution in [0.15, 0.2) is 48.5 Å². The van der Waals surface area contributed by atoms with Gasteiger partial charge in [0, 0.05) is 17.6 Å². The van der Waals surface area contributed by atoms with Gasteiger partial charge < -0.3 is 10.2 Å². The first-order valence-electron chi connectivity index (χ1n) is 9.99. The van der Waals surface area contributed by atoms with Gasteiger partial charge >= 0.3 is 0 Å². The van der Waals surface area contributed by atoms with Crippen LogP contribution in [-0.4, -0.2) is 31.1 Å². The van der Waals surface area contributed by atoms with Crippen LogP contribution in [0.3, 0.4) is 0 Å². The molecule has 0 aromatic heterocycles. The molecule has 2 aromatic rings. The fraction of sp³-hybridized carbons (Fsp3) is 0.417. The average molecular weight is 347 g/mol. The molecule has 1 heterocycles. The van der Waals surface area contributed by atoms with Crippen molar-refractivity contribution in [3.05, 3.63) is 70.8 Å². The van der Waals surface area contributed by atoms with Crippen LogP contribution in [0.25, 0.3) is 6.08 Å². The van der Waals surface area contributed by atoms with E-state index in [0.29, 0.717) is 5.41 Å². The van der Waals surface area contributed by atoms with Crippen molar-refractivity contribution in [1.29, 1.82) is 0 Å². The van der Waals surface area contributed by atoms with Crippen molar-refractivity contribution in [2.75, 3.05) is 31.5 Å². The maximum absolute atomic E-state index is 3.64. The second-order valence-electron chi connectivity index (χ2n) is 7.97. The summed E-state index contributed by atoms with van der Waals surface area (Å²) in [5.74, 6) is 0. The quantitative estimate of drug-likeness (QED) is 0.752. The van der Waals surface area contributed by atoms with E-state index in [0.717, 1.165) is 6.54 Å². The van der Waals surface area contributed by atoms with Crippen molar-refractivity contribution in [2.45, 2.75) is 38.5 Å². The van der Waals surface area contributed by atoms with Gasteiger partial charge in [0.1, 0.15) is 0 Å². The first-order chi connectivity index (χ1) is 12.7. The summed E-state index contributed by atoms with van der Waals surface area (Å²) in [6, 6.07) is 15.4. The second-order valence-corrected chi connectivity index (χ2v) is 7.97.